The molecule has 0 unspecified atom stereocenters. The monoisotopic (exact) mass is 407 g/mol. The van der Waals surface area contributed by atoms with Crippen molar-refractivity contribution >= 4 is 21.4 Å². The molecule has 1 aromatic rings. The molecule has 1 amide bonds. The van der Waals surface area contributed by atoms with E-state index in [2.05, 4.69) is 48.0 Å². The first-order valence-corrected chi connectivity index (χ1v) is 12.0. The van der Waals surface area contributed by atoms with Gasteiger partial charge in [-0.25, -0.2) is 8.42 Å². The molecule has 2 atom stereocenters. The summed E-state index contributed by atoms with van der Waals surface area (Å²) in [5.41, 5.74) is 2.15. The number of nitrogens with zero attached hydrogens (tertiary/aromatic N) is 2. The summed E-state index contributed by atoms with van der Waals surface area (Å²) in [5, 5.41) is 3.02. The van der Waals surface area contributed by atoms with E-state index in [4.69, 9.17) is 0 Å². The van der Waals surface area contributed by atoms with E-state index in [1.54, 1.807) is 0 Å². The molecule has 3 rings (SSSR count). The van der Waals surface area contributed by atoms with Crippen LogP contribution in [0.1, 0.15) is 39.7 Å². The normalized spacial score (nSPS) is 24.8. The van der Waals surface area contributed by atoms with E-state index in [1.807, 2.05) is 19.1 Å². The predicted molar refractivity (Wildman–Crippen MR) is 113 cm³/mol. The Morgan fingerprint density at radius 2 is 1.71 bits per heavy atom. The lowest BCUT2D eigenvalue weighted by Crippen LogP contribution is -2.55. The highest BCUT2D eigenvalue weighted by Crippen LogP contribution is 2.24. The third-order valence-corrected chi connectivity index (χ3v) is 7.77. The van der Waals surface area contributed by atoms with E-state index in [0.29, 0.717) is 5.75 Å². The van der Waals surface area contributed by atoms with E-state index in [9.17, 15) is 13.2 Å². The van der Waals surface area contributed by atoms with E-state index in [0.717, 1.165) is 38.3 Å². The highest BCUT2D eigenvalue weighted by molar-refractivity contribution is 7.91. The number of carbonyl (C=O) groups excluding carboxylic acids is 1. The third-order valence-electron chi connectivity index (χ3n) is 6.02. The summed E-state index contributed by atoms with van der Waals surface area (Å²) >= 11 is 0. The fraction of sp³-hybridized carbons (Fsp3) is 0.667. The topological polar surface area (TPSA) is 69.7 Å². The molecule has 2 heterocycles. The van der Waals surface area contributed by atoms with E-state index in [-0.39, 0.29) is 29.2 Å². The first-order chi connectivity index (χ1) is 13.0. The number of anilines is 1. The van der Waals surface area contributed by atoms with Crippen molar-refractivity contribution in [3.63, 3.8) is 0 Å². The quantitative estimate of drug-likeness (QED) is 0.828. The zero-order chi connectivity index (χ0) is 20.5. The average molecular weight is 408 g/mol. The lowest BCUT2D eigenvalue weighted by Gasteiger charge is -2.39. The van der Waals surface area contributed by atoms with Crippen LogP contribution in [0, 0.1) is 0 Å². The first-order valence-electron chi connectivity index (χ1n) is 10.2. The van der Waals surface area contributed by atoms with Crippen LogP contribution in [-0.4, -0.2) is 73.9 Å². The summed E-state index contributed by atoms with van der Waals surface area (Å²) in [6.07, 6.45) is 0.739. The van der Waals surface area contributed by atoms with Crippen molar-refractivity contribution in [1.82, 2.24) is 9.80 Å². The van der Waals surface area contributed by atoms with Crippen LogP contribution in [0.15, 0.2) is 24.3 Å². The Hall–Kier alpha value is -1.44. The highest BCUT2D eigenvalue weighted by atomic mass is 32.2. The number of carbonyl (C=O) groups is 1. The number of rotatable bonds is 4. The van der Waals surface area contributed by atoms with Gasteiger partial charge in [0.1, 0.15) is 0 Å². The predicted octanol–water partition coefficient (Wildman–Crippen LogP) is 2.12. The van der Waals surface area contributed by atoms with Gasteiger partial charge in [0, 0.05) is 37.9 Å². The largest absolute Gasteiger partial charge is 0.325 e. The van der Waals surface area contributed by atoms with E-state index < -0.39 is 9.84 Å². The van der Waals surface area contributed by atoms with Gasteiger partial charge in [-0.05, 0) is 36.5 Å². The molecule has 2 saturated heterocycles. The summed E-state index contributed by atoms with van der Waals surface area (Å²) in [4.78, 5) is 17.1. The summed E-state index contributed by atoms with van der Waals surface area (Å²) in [6, 6.07) is 7.99. The minimum atomic E-state index is -2.85. The Morgan fingerprint density at radius 3 is 2.21 bits per heavy atom. The molecule has 7 heteroatoms. The maximum absolute atomic E-state index is 12.7. The van der Waals surface area contributed by atoms with Gasteiger partial charge in [0.2, 0.25) is 5.91 Å². The number of nitrogens with one attached hydrogen (secondary N) is 1. The van der Waals surface area contributed by atoms with Crippen molar-refractivity contribution in [3.05, 3.63) is 29.8 Å². The van der Waals surface area contributed by atoms with Crippen LogP contribution in [0.25, 0.3) is 0 Å². The number of hydrogen-bond acceptors (Lipinski definition) is 5. The Morgan fingerprint density at radius 1 is 1.11 bits per heavy atom. The SMILES string of the molecule is C[C@H](C(=O)Nc1ccc(C(C)(C)C)cc1)N1CCN([C@@H]2CCS(=O)(=O)C2)CC1. The van der Waals surface area contributed by atoms with Crippen LogP contribution >= 0.6 is 0 Å². The second-order valence-electron chi connectivity index (χ2n) is 9.12. The average Bonchev–Trinajstić information content (AvgIpc) is 3.01. The molecule has 0 saturated carbocycles. The van der Waals surface area contributed by atoms with Crippen molar-refractivity contribution in [2.24, 2.45) is 0 Å². The minimum Gasteiger partial charge on any atom is -0.325 e. The van der Waals surface area contributed by atoms with Crippen LogP contribution in [0.5, 0.6) is 0 Å². The summed E-state index contributed by atoms with van der Waals surface area (Å²) < 4.78 is 23.4. The highest BCUT2D eigenvalue weighted by Gasteiger charge is 2.35. The van der Waals surface area contributed by atoms with E-state index >= 15 is 0 Å². The zero-order valence-corrected chi connectivity index (χ0v) is 18.3. The lowest BCUT2D eigenvalue weighted by atomic mass is 9.87. The third kappa shape index (κ3) is 5.13. The van der Waals surface area contributed by atoms with Crippen LogP contribution < -0.4 is 5.32 Å². The van der Waals surface area contributed by atoms with Gasteiger partial charge in [0.25, 0.3) is 0 Å². The molecule has 1 aromatic carbocycles. The molecule has 0 aromatic heterocycles. The number of benzene rings is 1. The second kappa shape index (κ2) is 8.13. The van der Waals surface area contributed by atoms with Crippen LogP contribution in [0.2, 0.25) is 0 Å². The molecule has 156 valence electrons. The van der Waals surface area contributed by atoms with Gasteiger partial charge in [-0.2, -0.15) is 0 Å². The van der Waals surface area contributed by atoms with Gasteiger partial charge >= 0.3 is 0 Å². The van der Waals surface area contributed by atoms with Crippen molar-refractivity contribution in [3.8, 4) is 0 Å². The van der Waals surface area contributed by atoms with Crippen LogP contribution in [0.4, 0.5) is 5.69 Å². The Kier molecular flexibility index (Phi) is 6.17. The molecular formula is C21H33N3O3S. The van der Waals surface area contributed by atoms with Gasteiger partial charge in [-0.15, -0.1) is 0 Å². The van der Waals surface area contributed by atoms with Crippen molar-refractivity contribution < 1.29 is 13.2 Å². The minimum absolute atomic E-state index is 0.000373. The van der Waals surface area contributed by atoms with E-state index in [1.165, 1.54) is 5.56 Å². The molecule has 1 N–H and O–H groups in total. The Labute approximate surface area is 169 Å². The Bertz CT molecular complexity index is 791. The zero-order valence-electron chi connectivity index (χ0n) is 17.4. The van der Waals surface area contributed by atoms with Crippen molar-refractivity contribution in [1.29, 1.82) is 0 Å². The summed E-state index contributed by atoms with van der Waals surface area (Å²) in [6.45, 7) is 11.7. The molecular weight excluding hydrogens is 374 g/mol. The van der Waals surface area contributed by atoms with Crippen molar-refractivity contribution in [2.45, 2.75) is 51.6 Å². The van der Waals surface area contributed by atoms with Gasteiger partial charge in [-0.1, -0.05) is 32.9 Å². The van der Waals surface area contributed by atoms with Gasteiger partial charge < -0.3 is 5.32 Å². The first kappa shape index (κ1) is 21.3. The molecule has 2 aliphatic heterocycles. The molecule has 2 aliphatic rings. The van der Waals surface area contributed by atoms with Crippen LogP contribution in [0.3, 0.4) is 0 Å². The number of piperazine rings is 1. The molecule has 0 aliphatic carbocycles. The molecule has 0 spiro atoms. The fourth-order valence-corrected chi connectivity index (χ4v) is 5.78. The fourth-order valence-electron chi connectivity index (χ4n) is 4.02. The molecule has 0 radical (unpaired) electrons. The Balaban J connectivity index is 1.50. The summed E-state index contributed by atoms with van der Waals surface area (Å²) in [5.74, 6) is 0.596. The maximum Gasteiger partial charge on any atom is 0.241 e. The lowest BCUT2D eigenvalue weighted by molar-refractivity contribution is -0.121. The summed E-state index contributed by atoms with van der Waals surface area (Å²) in [7, 11) is -2.85. The van der Waals surface area contributed by atoms with Gasteiger partial charge in [0.05, 0.1) is 17.5 Å². The molecule has 2 fully saturated rings. The number of sulfone groups is 1. The van der Waals surface area contributed by atoms with Gasteiger partial charge in [-0.3, -0.25) is 14.6 Å². The molecule has 0 bridgehead atoms. The van der Waals surface area contributed by atoms with Crippen LogP contribution in [-0.2, 0) is 20.0 Å². The standard InChI is InChI=1S/C21H33N3O3S/c1-16(20(25)22-18-7-5-17(6-8-18)21(2,3)4)23-10-12-24(13-11-23)19-9-14-28(26,27)15-19/h5-8,16,19H,9-15H2,1-4H3,(H,22,25)/t16-,19-/m1/s1. The van der Waals surface area contributed by atoms with Crippen molar-refractivity contribution in [2.75, 3.05) is 43.0 Å². The molecule has 28 heavy (non-hydrogen) atoms. The molecule has 6 nitrogen and oxygen atoms in total. The second-order valence-corrected chi connectivity index (χ2v) is 11.4. The van der Waals surface area contributed by atoms with Gasteiger partial charge in [0.15, 0.2) is 9.84 Å². The maximum atomic E-state index is 12.7. The number of amides is 1. The smallest absolute Gasteiger partial charge is 0.241 e. The number of hydrogen-bond donors (Lipinski definition) is 1.